The van der Waals surface area contributed by atoms with Crippen LogP contribution in [0.15, 0.2) is 30.5 Å². The molecule has 1 amide bonds. The van der Waals surface area contributed by atoms with Gasteiger partial charge in [-0.3, -0.25) is 14.5 Å². The van der Waals surface area contributed by atoms with Gasteiger partial charge in [-0.2, -0.15) is 0 Å². The summed E-state index contributed by atoms with van der Waals surface area (Å²) >= 11 is 0. The van der Waals surface area contributed by atoms with Crippen molar-refractivity contribution in [1.82, 2.24) is 24.8 Å². The maximum Gasteiger partial charge on any atom is 0.256 e. The highest BCUT2D eigenvalue weighted by Crippen LogP contribution is 2.27. The number of rotatable bonds is 5. The van der Waals surface area contributed by atoms with Gasteiger partial charge in [0.15, 0.2) is 0 Å². The quantitative estimate of drug-likeness (QED) is 0.462. The number of pyridine rings is 1. The molecule has 39 heavy (non-hydrogen) atoms. The number of hydrogen-bond donors (Lipinski definition) is 2. The highest BCUT2D eigenvalue weighted by molar-refractivity contribution is 7.92. The number of anilines is 2. The summed E-state index contributed by atoms with van der Waals surface area (Å²) < 4.78 is 41.1. The van der Waals surface area contributed by atoms with Crippen molar-refractivity contribution in [2.75, 3.05) is 49.9 Å². The Bertz CT molecular complexity index is 1590. The van der Waals surface area contributed by atoms with Gasteiger partial charge >= 0.3 is 0 Å². The van der Waals surface area contributed by atoms with Crippen molar-refractivity contribution in [2.45, 2.75) is 20.3 Å². The molecule has 1 fully saturated rings. The van der Waals surface area contributed by atoms with E-state index >= 15 is 4.39 Å². The fourth-order valence-electron chi connectivity index (χ4n) is 4.18. The predicted octanol–water partition coefficient (Wildman–Crippen LogP) is 2.29. The van der Waals surface area contributed by atoms with Crippen LogP contribution in [-0.4, -0.2) is 78.6 Å². The number of nitrogens with one attached hydrogen (secondary N) is 1. The van der Waals surface area contributed by atoms with Crippen molar-refractivity contribution >= 4 is 27.6 Å². The fourth-order valence-corrected chi connectivity index (χ4v) is 4.78. The number of nitrogens with zero attached hydrogens (tertiary/aromatic N) is 5. The molecule has 0 unspecified atom stereocenters. The number of benzene rings is 1. The van der Waals surface area contributed by atoms with Crippen LogP contribution < -0.4 is 10.5 Å². The lowest BCUT2D eigenvalue weighted by molar-refractivity contribution is 0.0659. The number of aromatic nitrogens is 3. The molecule has 4 rings (SSSR count). The lowest BCUT2D eigenvalue weighted by Crippen LogP contribution is -2.47. The van der Waals surface area contributed by atoms with Gasteiger partial charge in [0.05, 0.1) is 40.2 Å². The Morgan fingerprint density at radius 2 is 1.87 bits per heavy atom. The zero-order valence-corrected chi connectivity index (χ0v) is 23.1. The summed E-state index contributed by atoms with van der Waals surface area (Å²) in [7, 11) is -1.52. The zero-order valence-electron chi connectivity index (χ0n) is 22.2. The average molecular weight is 552 g/mol. The maximum atomic E-state index is 15.3. The van der Waals surface area contributed by atoms with Crippen LogP contribution in [0.1, 0.15) is 39.8 Å². The minimum Gasteiger partial charge on any atom is -0.368 e. The van der Waals surface area contributed by atoms with Crippen molar-refractivity contribution in [3.8, 4) is 23.1 Å². The Morgan fingerprint density at radius 3 is 2.51 bits per heavy atom. The van der Waals surface area contributed by atoms with Gasteiger partial charge in [-0.25, -0.2) is 22.8 Å². The summed E-state index contributed by atoms with van der Waals surface area (Å²) in [4.78, 5) is 29.6. The number of nitrogens with two attached hydrogens (primary N) is 1. The molecule has 3 N–H and O–H groups in total. The largest absolute Gasteiger partial charge is 0.368 e. The van der Waals surface area contributed by atoms with E-state index in [-0.39, 0.29) is 17.4 Å². The number of halogens is 1. The van der Waals surface area contributed by atoms with E-state index in [1.54, 1.807) is 24.0 Å². The van der Waals surface area contributed by atoms with E-state index in [9.17, 15) is 13.2 Å². The van der Waals surface area contributed by atoms with Crippen molar-refractivity contribution < 1.29 is 17.6 Å². The molecule has 12 heteroatoms. The van der Waals surface area contributed by atoms with E-state index in [2.05, 4.69) is 36.4 Å². The summed E-state index contributed by atoms with van der Waals surface area (Å²) in [5, 5.41) is 0. The van der Waals surface area contributed by atoms with Crippen LogP contribution in [0.5, 0.6) is 0 Å². The number of likely N-dealkylation sites (N-methyl/N-ethyl adjacent to an activating group) is 1. The number of nitrogen functional groups attached to an aromatic ring is 1. The Hall–Kier alpha value is -4.08. The molecule has 0 bridgehead atoms. The molecule has 0 radical (unpaired) electrons. The van der Waals surface area contributed by atoms with Crippen LogP contribution in [0.2, 0.25) is 0 Å². The highest BCUT2D eigenvalue weighted by Gasteiger charge is 2.24. The molecule has 1 aliphatic rings. The lowest BCUT2D eigenvalue weighted by atomic mass is 10.0. The van der Waals surface area contributed by atoms with E-state index in [1.807, 2.05) is 14.0 Å². The molecule has 2 aromatic heterocycles. The van der Waals surface area contributed by atoms with Crippen LogP contribution >= 0.6 is 0 Å². The first kappa shape index (κ1) is 27.9. The van der Waals surface area contributed by atoms with Gasteiger partial charge in [-0.1, -0.05) is 24.8 Å². The number of amides is 1. The Morgan fingerprint density at radius 1 is 1.15 bits per heavy atom. The van der Waals surface area contributed by atoms with Gasteiger partial charge in [0.2, 0.25) is 16.0 Å². The van der Waals surface area contributed by atoms with Gasteiger partial charge in [-0.05, 0) is 38.6 Å². The molecule has 0 spiro atoms. The van der Waals surface area contributed by atoms with Gasteiger partial charge in [-0.15, -0.1) is 0 Å². The first-order valence-corrected chi connectivity index (χ1v) is 14.2. The smallest absolute Gasteiger partial charge is 0.256 e. The van der Waals surface area contributed by atoms with Crippen LogP contribution in [-0.2, 0) is 16.4 Å². The average Bonchev–Trinajstić information content (AvgIpc) is 2.88. The monoisotopic (exact) mass is 551 g/mol. The number of hydrogen-bond acceptors (Lipinski definition) is 8. The van der Waals surface area contributed by atoms with Crippen molar-refractivity contribution in [2.24, 2.45) is 0 Å². The minimum absolute atomic E-state index is 0.00897. The zero-order chi connectivity index (χ0) is 28.3. The van der Waals surface area contributed by atoms with Crippen LogP contribution in [0, 0.1) is 24.6 Å². The molecule has 3 heterocycles. The summed E-state index contributed by atoms with van der Waals surface area (Å²) in [6, 6.07) is 5.93. The summed E-state index contributed by atoms with van der Waals surface area (Å²) in [5.41, 5.74) is 8.97. The minimum atomic E-state index is -3.50. The summed E-state index contributed by atoms with van der Waals surface area (Å²) in [6.07, 6.45) is 3.07. The third-order valence-corrected chi connectivity index (χ3v) is 6.90. The van der Waals surface area contributed by atoms with Gasteiger partial charge < -0.3 is 15.5 Å². The first-order valence-electron chi connectivity index (χ1n) is 12.4. The molecule has 0 saturated carbocycles. The van der Waals surface area contributed by atoms with Gasteiger partial charge in [0, 0.05) is 43.5 Å². The highest BCUT2D eigenvalue weighted by atomic mass is 32.2. The van der Waals surface area contributed by atoms with Crippen LogP contribution in [0.25, 0.3) is 11.3 Å². The maximum absolute atomic E-state index is 15.3. The molecule has 204 valence electrons. The van der Waals surface area contributed by atoms with Crippen LogP contribution in [0.3, 0.4) is 0 Å². The number of piperazine rings is 1. The standard InChI is InChI=1S/C27H30FN7O3S/c1-5-23-21(8-6-18-14-24(17(2)30-16-18)33-39(4,37)38)25(32-27(29)31-23)19-7-9-20(22(28)15-19)26(36)35-12-10-34(3)11-13-35/h7,9,14-16,33H,5,10-13H2,1-4H3,(H2,29,31,32). The molecular formula is C27H30FN7O3S. The first-order chi connectivity index (χ1) is 18.4. The van der Waals surface area contributed by atoms with Crippen molar-refractivity contribution in [1.29, 1.82) is 0 Å². The SMILES string of the molecule is CCc1nc(N)nc(-c2ccc(C(=O)N3CCN(C)CC3)c(F)c2)c1C#Cc1cnc(C)c(NS(C)(=O)=O)c1. The third kappa shape index (κ3) is 6.68. The van der Waals surface area contributed by atoms with Crippen molar-refractivity contribution in [3.63, 3.8) is 0 Å². The van der Waals surface area contributed by atoms with Crippen molar-refractivity contribution in [3.05, 3.63) is 64.4 Å². The molecule has 1 saturated heterocycles. The van der Waals surface area contributed by atoms with Crippen LogP contribution in [0.4, 0.5) is 16.0 Å². The van der Waals surface area contributed by atoms with Gasteiger partial charge in [0.1, 0.15) is 5.82 Å². The summed E-state index contributed by atoms with van der Waals surface area (Å²) in [6.45, 7) is 6.10. The molecule has 10 nitrogen and oxygen atoms in total. The second kappa shape index (κ2) is 11.3. The van der Waals surface area contributed by atoms with Gasteiger partial charge in [0.25, 0.3) is 5.91 Å². The van der Waals surface area contributed by atoms with E-state index in [0.29, 0.717) is 59.0 Å². The second-order valence-electron chi connectivity index (χ2n) is 9.38. The van der Waals surface area contributed by atoms with E-state index < -0.39 is 15.8 Å². The van der Waals surface area contributed by atoms with E-state index in [0.717, 1.165) is 19.3 Å². The Balaban J connectivity index is 1.72. The molecular weight excluding hydrogens is 521 g/mol. The third-order valence-electron chi connectivity index (χ3n) is 6.31. The van der Waals surface area contributed by atoms with E-state index in [4.69, 9.17) is 5.73 Å². The Kier molecular flexibility index (Phi) is 8.13. The molecule has 1 aliphatic heterocycles. The molecule has 0 aliphatic carbocycles. The summed E-state index contributed by atoms with van der Waals surface area (Å²) in [5.74, 6) is 5.03. The number of sulfonamides is 1. The number of aryl methyl sites for hydroxylation is 2. The molecule has 3 aromatic rings. The normalized spacial score (nSPS) is 14.0. The molecule has 0 atom stereocenters. The lowest BCUT2D eigenvalue weighted by Gasteiger charge is -2.32. The number of carbonyl (C=O) groups is 1. The second-order valence-corrected chi connectivity index (χ2v) is 11.1. The topological polar surface area (TPSA) is 134 Å². The Labute approximate surface area is 227 Å². The number of carbonyl (C=O) groups excluding carboxylic acids is 1. The van der Waals surface area contributed by atoms with E-state index in [1.165, 1.54) is 18.3 Å². The fraction of sp³-hybridized carbons (Fsp3) is 0.333. The molecule has 1 aromatic carbocycles. The predicted molar refractivity (Wildman–Crippen MR) is 148 cm³/mol.